The molecular formula is C17H20N4O. The monoisotopic (exact) mass is 296 g/mol. The summed E-state index contributed by atoms with van der Waals surface area (Å²) in [6, 6.07) is 10.7. The minimum atomic E-state index is 0.178. The Morgan fingerprint density at radius 3 is 2.86 bits per heavy atom. The predicted molar refractivity (Wildman–Crippen MR) is 82.2 cm³/mol. The van der Waals surface area contributed by atoms with Crippen LogP contribution >= 0.6 is 0 Å². The van der Waals surface area contributed by atoms with Crippen LogP contribution in [0.25, 0.3) is 0 Å². The van der Waals surface area contributed by atoms with E-state index in [1.165, 1.54) is 5.56 Å². The van der Waals surface area contributed by atoms with Crippen molar-refractivity contribution < 1.29 is 4.79 Å². The van der Waals surface area contributed by atoms with Gasteiger partial charge in [0.25, 0.3) is 0 Å². The topological polar surface area (TPSA) is 51.0 Å². The van der Waals surface area contributed by atoms with Crippen LogP contribution in [0, 0.1) is 5.92 Å². The maximum Gasteiger partial charge on any atom is 0.226 e. The molecule has 2 heterocycles. The maximum absolute atomic E-state index is 12.7. The molecule has 2 fully saturated rings. The largest absolute Gasteiger partial charge is 0.340 e. The van der Waals surface area contributed by atoms with Crippen molar-refractivity contribution in [2.24, 2.45) is 5.92 Å². The molecular weight excluding hydrogens is 276 g/mol. The molecule has 2 aromatic rings. The first-order chi connectivity index (χ1) is 10.8. The van der Waals surface area contributed by atoms with E-state index in [0.29, 0.717) is 11.8 Å². The molecule has 5 nitrogen and oxygen atoms in total. The fraction of sp³-hybridized carbons (Fsp3) is 0.471. The molecule has 0 radical (unpaired) electrons. The Balaban J connectivity index is 1.41. The molecule has 1 aliphatic heterocycles. The highest BCUT2D eigenvalue weighted by Gasteiger charge is 2.46. The van der Waals surface area contributed by atoms with E-state index in [0.717, 1.165) is 32.4 Å². The average molecular weight is 296 g/mol. The Bertz CT molecular complexity index is 640. The number of hydrogen-bond acceptors (Lipinski definition) is 3. The smallest absolute Gasteiger partial charge is 0.226 e. The van der Waals surface area contributed by atoms with Gasteiger partial charge in [0, 0.05) is 19.0 Å². The van der Waals surface area contributed by atoms with Gasteiger partial charge < -0.3 is 4.90 Å². The van der Waals surface area contributed by atoms with E-state index in [9.17, 15) is 4.79 Å². The van der Waals surface area contributed by atoms with Crippen LogP contribution in [-0.2, 0) is 4.79 Å². The zero-order valence-corrected chi connectivity index (χ0v) is 12.5. The molecule has 0 N–H and O–H groups in total. The second kappa shape index (κ2) is 5.55. The number of piperidine rings is 1. The van der Waals surface area contributed by atoms with Crippen molar-refractivity contribution in [2.45, 2.75) is 31.2 Å². The third kappa shape index (κ3) is 2.51. The van der Waals surface area contributed by atoms with Crippen molar-refractivity contribution in [2.75, 3.05) is 13.1 Å². The molecule has 3 unspecified atom stereocenters. The molecule has 4 rings (SSSR count). The lowest BCUT2D eigenvalue weighted by atomic mass is 10.0. The van der Waals surface area contributed by atoms with E-state index < -0.39 is 0 Å². The average Bonchev–Trinajstić information content (AvgIpc) is 3.19. The molecule has 5 heteroatoms. The SMILES string of the molecule is O=C(C1CC1c1ccccc1)N1CCCC(n2cncn2)C1. The Morgan fingerprint density at radius 2 is 2.09 bits per heavy atom. The molecule has 1 saturated carbocycles. The van der Waals surface area contributed by atoms with Gasteiger partial charge in [-0.05, 0) is 30.7 Å². The van der Waals surface area contributed by atoms with Gasteiger partial charge >= 0.3 is 0 Å². The van der Waals surface area contributed by atoms with Gasteiger partial charge in [-0.3, -0.25) is 4.79 Å². The van der Waals surface area contributed by atoms with Crippen molar-refractivity contribution in [1.29, 1.82) is 0 Å². The Morgan fingerprint density at radius 1 is 1.23 bits per heavy atom. The van der Waals surface area contributed by atoms with E-state index in [1.54, 1.807) is 12.7 Å². The number of amides is 1. The highest BCUT2D eigenvalue weighted by Crippen LogP contribution is 2.48. The van der Waals surface area contributed by atoms with Crippen LogP contribution in [0.5, 0.6) is 0 Å². The first-order valence-corrected chi connectivity index (χ1v) is 8.01. The zero-order valence-electron chi connectivity index (χ0n) is 12.5. The number of carbonyl (C=O) groups is 1. The zero-order chi connectivity index (χ0) is 14.9. The quantitative estimate of drug-likeness (QED) is 0.873. The van der Waals surface area contributed by atoms with Crippen LogP contribution in [0.4, 0.5) is 0 Å². The standard InChI is InChI=1S/C17H20N4O/c22-17(16-9-15(16)13-5-2-1-3-6-13)20-8-4-7-14(10-20)21-12-18-11-19-21/h1-3,5-6,11-12,14-16H,4,7-10H2. The summed E-state index contributed by atoms with van der Waals surface area (Å²) in [6.07, 6.45) is 6.42. The lowest BCUT2D eigenvalue weighted by Crippen LogP contribution is -2.41. The number of carbonyl (C=O) groups excluding carboxylic acids is 1. The van der Waals surface area contributed by atoms with Crippen molar-refractivity contribution in [3.63, 3.8) is 0 Å². The Labute approximate surface area is 130 Å². The highest BCUT2D eigenvalue weighted by atomic mass is 16.2. The first-order valence-electron chi connectivity index (χ1n) is 8.01. The fourth-order valence-corrected chi connectivity index (χ4v) is 3.55. The number of aromatic nitrogens is 3. The number of benzene rings is 1. The van der Waals surface area contributed by atoms with Crippen LogP contribution in [0.15, 0.2) is 43.0 Å². The lowest BCUT2D eigenvalue weighted by molar-refractivity contribution is -0.134. The van der Waals surface area contributed by atoms with Gasteiger partial charge in [0.2, 0.25) is 5.91 Å². The third-order valence-electron chi connectivity index (χ3n) is 4.85. The number of rotatable bonds is 3. The normalized spacial score (nSPS) is 27.6. The molecule has 2 aliphatic rings. The van der Waals surface area contributed by atoms with Crippen LogP contribution in [0.1, 0.15) is 36.8 Å². The molecule has 0 spiro atoms. The molecule has 1 aromatic heterocycles. The van der Waals surface area contributed by atoms with Gasteiger partial charge in [0.1, 0.15) is 12.7 Å². The molecule has 114 valence electrons. The molecule has 1 amide bonds. The summed E-state index contributed by atoms with van der Waals surface area (Å²) in [5, 5.41) is 4.22. The summed E-state index contributed by atoms with van der Waals surface area (Å²) in [6.45, 7) is 1.64. The van der Waals surface area contributed by atoms with Crippen LogP contribution < -0.4 is 0 Å². The molecule has 1 saturated heterocycles. The second-order valence-electron chi connectivity index (χ2n) is 6.32. The van der Waals surface area contributed by atoms with Gasteiger partial charge in [-0.15, -0.1) is 0 Å². The first kappa shape index (κ1) is 13.5. The minimum Gasteiger partial charge on any atom is -0.340 e. The van der Waals surface area contributed by atoms with E-state index in [2.05, 4.69) is 34.3 Å². The fourth-order valence-electron chi connectivity index (χ4n) is 3.55. The van der Waals surface area contributed by atoms with E-state index in [4.69, 9.17) is 0 Å². The Kier molecular flexibility index (Phi) is 3.41. The van der Waals surface area contributed by atoms with Crippen molar-refractivity contribution in [3.05, 3.63) is 48.5 Å². The molecule has 3 atom stereocenters. The van der Waals surface area contributed by atoms with Crippen molar-refractivity contribution in [3.8, 4) is 0 Å². The third-order valence-corrected chi connectivity index (χ3v) is 4.85. The van der Waals surface area contributed by atoms with Crippen LogP contribution in [-0.4, -0.2) is 38.7 Å². The van der Waals surface area contributed by atoms with Gasteiger partial charge in [-0.25, -0.2) is 9.67 Å². The van der Waals surface area contributed by atoms with Crippen molar-refractivity contribution >= 4 is 5.91 Å². The van der Waals surface area contributed by atoms with E-state index >= 15 is 0 Å². The highest BCUT2D eigenvalue weighted by molar-refractivity contribution is 5.83. The predicted octanol–water partition coefficient (Wildman–Crippen LogP) is 2.25. The molecule has 1 aromatic carbocycles. The number of hydrogen-bond donors (Lipinski definition) is 0. The van der Waals surface area contributed by atoms with Gasteiger partial charge in [0.05, 0.1) is 6.04 Å². The second-order valence-corrected chi connectivity index (χ2v) is 6.32. The molecule has 22 heavy (non-hydrogen) atoms. The van der Waals surface area contributed by atoms with Gasteiger partial charge in [0.15, 0.2) is 0 Å². The summed E-state index contributed by atoms with van der Waals surface area (Å²) < 4.78 is 1.89. The van der Waals surface area contributed by atoms with Crippen LogP contribution in [0.3, 0.4) is 0 Å². The van der Waals surface area contributed by atoms with Crippen LogP contribution in [0.2, 0.25) is 0 Å². The summed E-state index contributed by atoms with van der Waals surface area (Å²) in [4.78, 5) is 18.8. The summed E-state index contributed by atoms with van der Waals surface area (Å²) >= 11 is 0. The van der Waals surface area contributed by atoms with Gasteiger partial charge in [-0.2, -0.15) is 5.10 Å². The number of nitrogens with zero attached hydrogens (tertiary/aromatic N) is 4. The van der Waals surface area contributed by atoms with E-state index in [-0.39, 0.29) is 12.0 Å². The minimum absolute atomic E-state index is 0.178. The summed E-state index contributed by atoms with van der Waals surface area (Å²) in [7, 11) is 0. The maximum atomic E-state index is 12.7. The lowest BCUT2D eigenvalue weighted by Gasteiger charge is -2.32. The van der Waals surface area contributed by atoms with Gasteiger partial charge in [-0.1, -0.05) is 30.3 Å². The van der Waals surface area contributed by atoms with E-state index in [1.807, 2.05) is 15.6 Å². The molecule has 0 bridgehead atoms. The van der Waals surface area contributed by atoms with Crippen molar-refractivity contribution in [1.82, 2.24) is 19.7 Å². The Hall–Kier alpha value is -2.17. The summed E-state index contributed by atoms with van der Waals surface area (Å²) in [5.41, 5.74) is 1.30. The molecule has 1 aliphatic carbocycles. The summed E-state index contributed by atoms with van der Waals surface area (Å²) in [5.74, 6) is 0.913. The number of likely N-dealkylation sites (tertiary alicyclic amines) is 1.